The van der Waals surface area contributed by atoms with Crippen molar-refractivity contribution in [3.05, 3.63) is 175 Å². The maximum absolute atomic E-state index is 2.45. The van der Waals surface area contributed by atoms with E-state index in [-0.39, 0.29) is 5.41 Å². The topological polar surface area (TPSA) is 4.93 Å². The summed E-state index contributed by atoms with van der Waals surface area (Å²) in [6, 6.07) is 63.0. The third-order valence-corrected chi connectivity index (χ3v) is 10.9. The summed E-state index contributed by atoms with van der Waals surface area (Å²) in [5, 5.41) is 12.8. The monoisotopic (exact) mass is 651 g/mol. The highest BCUT2D eigenvalue weighted by Gasteiger charge is 2.20. The highest BCUT2D eigenvalue weighted by molar-refractivity contribution is 6.28. The van der Waals surface area contributed by atoms with Crippen LogP contribution in [-0.2, 0) is 5.41 Å². The third kappa shape index (κ3) is 4.55. The van der Waals surface area contributed by atoms with Crippen LogP contribution in [0.3, 0.4) is 0 Å². The molecule has 0 unspecified atom stereocenters. The van der Waals surface area contributed by atoms with E-state index in [2.05, 4.69) is 195 Å². The van der Waals surface area contributed by atoms with Gasteiger partial charge in [0, 0.05) is 16.5 Å². The van der Waals surface area contributed by atoms with Gasteiger partial charge in [-0.2, -0.15) is 0 Å². The van der Waals surface area contributed by atoms with Crippen LogP contribution in [0.15, 0.2) is 170 Å². The molecule has 0 fully saturated rings. The van der Waals surface area contributed by atoms with Crippen molar-refractivity contribution in [3.8, 4) is 27.9 Å². The Morgan fingerprint density at radius 3 is 1.14 bits per heavy atom. The summed E-state index contributed by atoms with van der Waals surface area (Å²) >= 11 is 0. The maximum Gasteiger partial charge on any atom is 0.0547 e. The largest absolute Gasteiger partial charge is 0.309 e. The SMILES string of the molecule is CC(C)(C)c1ccc(-c2c3ccccc3c(-c3ccc(-n4c5ccc6ccccc6c5c5c6ccccc6ccc54)cc3)c3ccccc23)cc1. The van der Waals surface area contributed by atoms with Gasteiger partial charge in [0.25, 0.3) is 0 Å². The second-order valence-electron chi connectivity index (χ2n) is 14.9. The zero-order chi connectivity index (χ0) is 34.3. The smallest absolute Gasteiger partial charge is 0.0547 e. The number of hydrogen-bond acceptors (Lipinski definition) is 0. The summed E-state index contributed by atoms with van der Waals surface area (Å²) in [4.78, 5) is 0. The predicted molar refractivity (Wildman–Crippen MR) is 220 cm³/mol. The van der Waals surface area contributed by atoms with Crippen molar-refractivity contribution in [2.75, 3.05) is 0 Å². The fraction of sp³-hybridized carbons (Fsp3) is 0.0800. The molecule has 51 heavy (non-hydrogen) atoms. The van der Waals surface area contributed by atoms with Crippen molar-refractivity contribution in [2.24, 2.45) is 0 Å². The van der Waals surface area contributed by atoms with Crippen molar-refractivity contribution < 1.29 is 0 Å². The van der Waals surface area contributed by atoms with E-state index in [4.69, 9.17) is 0 Å². The molecule has 10 aromatic rings. The molecule has 0 atom stereocenters. The lowest BCUT2D eigenvalue weighted by Crippen LogP contribution is -2.10. The van der Waals surface area contributed by atoms with E-state index in [0.29, 0.717) is 0 Å². The average molecular weight is 652 g/mol. The molecule has 1 heterocycles. The molecule has 1 nitrogen and oxygen atoms in total. The van der Waals surface area contributed by atoms with Gasteiger partial charge in [-0.15, -0.1) is 0 Å². The summed E-state index contributed by atoms with van der Waals surface area (Å²) in [7, 11) is 0. The van der Waals surface area contributed by atoms with Gasteiger partial charge in [0.05, 0.1) is 11.0 Å². The van der Waals surface area contributed by atoms with E-state index >= 15 is 0 Å². The highest BCUT2D eigenvalue weighted by atomic mass is 15.0. The molecule has 10 rings (SSSR count). The number of rotatable bonds is 3. The van der Waals surface area contributed by atoms with Gasteiger partial charge in [0.15, 0.2) is 0 Å². The first-order valence-corrected chi connectivity index (χ1v) is 17.9. The minimum Gasteiger partial charge on any atom is -0.309 e. The highest BCUT2D eigenvalue weighted by Crippen LogP contribution is 2.45. The summed E-state index contributed by atoms with van der Waals surface area (Å²) in [6.07, 6.45) is 0. The van der Waals surface area contributed by atoms with Crippen LogP contribution in [0, 0.1) is 0 Å². The predicted octanol–water partition coefficient (Wildman–Crippen LogP) is 14.0. The Balaban J connectivity index is 1.20. The van der Waals surface area contributed by atoms with Gasteiger partial charge in [-0.25, -0.2) is 0 Å². The standard InChI is InChI=1S/C50H37N/c1-50(2,3)36-26-20-34(21-27-36)46-40-16-8-10-18-42(40)47(43-19-11-9-17-41(43)46)35-22-28-37(29-23-35)51-44-30-24-32-12-4-6-14-38(32)48(44)49-39-15-7-5-13-33(39)25-31-45(49)51/h4-31H,1-3H3. The van der Waals surface area contributed by atoms with E-state index in [0.717, 1.165) is 5.69 Å². The van der Waals surface area contributed by atoms with Crippen LogP contribution < -0.4 is 0 Å². The lowest BCUT2D eigenvalue weighted by molar-refractivity contribution is 0.590. The Kier molecular flexibility index (Phi) is 6.51. The fourth-order valence-corrected chi connectivity index (χ4v) is 8.49. The molecule has 0 N–H and O–H groups in total. The van der Waals surface area contributed by atoms with E-state index < -0.39 is 0 Å². The molecule has 0 aliphatic carbocycles. The normalized spacial score (nSPS) is 12.2. The minimum absolute atomic E-state index is 0.111. The summed E-state index contributed by atoms with van der Waals surface area (Å²) < 4.78 is 2.45. The molecule has 9 aromatic carbocycles. The Morgan fingerprint density at radius 2 is 0.725 bits per heavy atom. The zero-order valence-corrected chi connectivity index (χ0v) is 29.1. The van der Waals surface area contributed by atoms with Crippen LogP contribution in [0.5, 0.6) is 0 Å². The number of nitrogens with zero attached hydrogens (tertiary/aromatic N) is 1. The van der Waals surface area contributed by atoms with Crippen molar-refractivity contribution in [1.29, 1.82) is 0 Å². The minimum atomic E-state index is 0.111. The lowest BCUT2D eigenvalue weighted by Gasteiger charge is -2.21. The molecule has 0 radical (unpaired) electrons. The lowest BCUT2D eigenvalue weighted by atomic mass is 9.83. The summed E-state index contributed by atoms with van der Waals surface area (Å²) in [5.41, 5.74) is 10.1. The maximum atomic E-state index is 2.45. The fourth-order valence-electron chi connectivity index (χ4n) is 8.49. The van der Waals surface area contributed by atoms with E-state index in [1.54, 1.807) is 0 Å². The number of benzene rings is 9. The Bertz CT molecular complexity index is 2820. The van der Waals surface area contributed by atoms with Crippen molar-refractivity contribution in [3.63, 3.8) is 0 Å². The third-order valence-electron chi connectivity index (χ3n) is 10.9. The van der Waals surface area contributed by atoms with Crippen molar-refractivity contribution >= 4 is 64.9 Å². The molecular weight excluding hydrogens is 615 g/mol. The van der Waals surface area contributed by atoms with Gasteiger partial charge in [-0.1, -0.05) is 166 Å². The van der Waals surface area contributed by atoms with Gasteiger partial charge < -0.3 is 4.57 Å². The second kappa shape index (κ2) is 11.2. The van der Waals surface area contributed by atoms with Crippen LogP contribution >= 0.6 is 0 Å². The van der Waals surface area contributed by atoms with Gasteiger partial charge in [-0.05, 0) is 101 Å². The molecule has 0 aliphatic heterocycles. The first-order chi connectivity index (χ1) is 25.0. The van der Waals surface area contributed by atoms with Crippen LogP contribution in [0.4, 0.5) is 0 Å². The van der Waals surface area contributed by atoms with Crippen LogP contribution in [-0.4, -0.2) is 4.57 Å². The molecule has 0 bridgehead atoms. The Hall–Kier alpha value is -6.18. The Labute approximate surface area is 298 Å². The van der Waals surface area contributed by atoms with Gasteiger partial charge in [0.2, 0.25) is 0 Å². The van der Waals surface area contributed by atoms with Gasteiger partial charge in [0.1, 0.15) is 0 Å². The Morgan fingerprint density at radius 1 is 0.353 bits per heavy atom. The van der Waals surface area contributed by atoms with E-state index in [1.165, 1.54) is 92.7 Å². The molecule has 1 aromatic heterocycles. The molecular formula is C50H37N. The molecule has 1 heteroatoms. The second-order valence-corrected chi connectivity index (χ2v) is 14.9. The molecule has 0 saturated carbocycles. The van der Waals surface area contributed by atoms with Crippen LogP contribution in [0.1, 0.15) is 26.3 Å². The molecule has 0 spiro atoms. The van der Waals surface area contributed by atoms with Gasteiger partial charge >= 0.3 is 0 Å². The van der Waals surface area contributed by atoms with E-state index in [9.17, 15) is 0 Å². The van der Waals surface area contributed by atoms with Crippen LogP contribution in [0.2, 0.25) is 0 Å². The molecule has 0 aliphatic rings. The zero-order valence-electron chi connectivity index (χ0n) is 29.1. The van der Waals surface area contributed by atoms with E-state index in [1.807, 2.05) is 0 Å². The summed E-state index contributed by atoms with van der Waals surface area (Å²) in [5.74, 6) is 0. The van der Waals surface area contributed by atoms with Crippen molar-refractivity contribution in [2.45, 2.75) is 26.2 Å². The molecule has 0 amide bonds. The first-order valence-electron chi connectivity index (χ1n) is 17.9. The molecule has 242 valence electrons. The van der Waals surface area contributed by atoms with Crippen LogP contribution in [0.25, 0.3) is 92.8 Å². The average Bonchev–Trinajstić information content (AvgIpc) is 3.52. The van der Waals surface area contributed by atoms with Crippen molar-refractivity contribution in [1.82, 2.24) is 4.57 Å². The van der Waals surface area contributed by atoms with Gasteiger partial charge in [-0.3, -0.25) is 0 Å². The quantitative estimate of drug-likeness (QED) is 0.168. The number of hydrogen-bond donors (Lipinski definition) is 0. The summed E-state index contributed by atoms with van der Waals surface area (Å²) in [6.45, 7) is 6.83. The number of fused-ring (bicyclic) bond motifs is 9. The first kappa shape index (κ1) is 29.7. The molecule has 0 saturated heterocycles. The number of aromatic nitrogens is 1.